The van der Waals surface area contributed by atoms with Crippen molar-refractivity contribution in [3.63, 3.8) is 0 Å². The van der Waals surface area contributed by atoms with Gasteiger partial charge in [-0.3, -0.25) is 0 Å². The van der Waals surface area contributed by atoms with Crippen molar-refractivity contribution >= 4 is 11.0 Å². The van der Waals surface area contributed by atoms with E-state index in [0.717, 1.165) is 66.9 Å². The molecule has 2 heterocycles. The summed E-state index contributed by atoms with van der Waals surface area (Å²) in [5.41, 5.74) is 12.0. The Morgan fingerprint density at radius 1 is 0.390 bits per heavy atom. The standard InChI is InChI=1S/C36H26N4O/c1-23-13-14-24(2)32-31(23)37-33(27-9-5-3-6-10-27)34(38-32)28-19-15-25(16-20-28)26-17-21-30(22-18-26)36-40-39-35(41-36)29-11-7-4-8-12-29/h3-22H,1-2H3. The molecule has 0 bridgehead atoms. The van der Waals surface area contributed by atoms with Crippen LogP contribution in [0.5, 0.6) is 0 Å². The van der Waals surface area contributed by atoms with Crippen molar-refractivity contribution in [2.75, 3.05) is 0 Å². The zero-order chi connectivity index (χ0) is 27.8. The predicted molar refractivity (Wildman–Crippen MR) is 164 cm³/mol. The smallest absolute Gasteiger partial charge is 0.248 e. The van der Waals surface area contributed by atoms with E-state index in [1.165, 1.54) is 0 Å². The van der Waals surface area contributed by atoms with E-state index in [1.807, 2.05) is 60.7 Å². The fourth-order valence-corrected chi connectivity index (χ4v) is 5.05. The lowest BCUT2D eigenvalue weighted by atomic mass is 9.99. The van der Waals surface area contributed by atoms with Crippen LogP contribution >= 0.6 is 0 Å². The molecule has 0 aliphatic heterocycles. The van der Waals surface area contributed by atoms with Crippen molar-refractivity contribution in [1.82, 2.24) is 20.2 Å². The summed E-state index contributed by atoms with van der Waals surface area (Å²) >= 11 is 0. The van der Waals surface area contributed by atoms with Crippen LogP contribution < -0.4 is 0 Å². The van der Waals surface area contributed by atoms with E-state index in [1.54, 1.807) is 0 Å². The summed E-state index contributed by atoms with van der Waals surface area (Å²) in [6.07, 6.45) is 0. The van der Waals surface area contributed by atoms with Crippen LogP contribution in [0, 0.1) is 13.8 Å². The lowest BCUT2D eigenvalue weighted by Crippen LogP contribution is -1.98. The molecule has 0 spiro atoms. The molecular weight excluding hydrogens is 504 g/mol. The number of fused-ring (bicyclic) bond motifs is 1. The van der Waals surface area contributed by atoms with Crippen molar-refractivity contribution in [1.29, 1.82) is 0 Å². The normalized spacial score (nSPS) is 11.2. The van der Waals surface area contributed by atoms with Crippen LogP contribution in [0.2, 0.25) is 0 Å². The number of aryl methyl sites for hydroxylation is 2. The molecule has 2 aromatic heterocycles. The molecule has 0 atom stereocenters. The maximum absolute atomic E-state index is 5.92. The number of aromatic nitrogens is 4. The van der Waals surface area contributed by atoms with Crippen LogP contribution in [0.3, 0.4) is 0 Å². The second-order valence-corrected chi connectivity index (χ2v) is 10.1. The highest BCUT2D eigenvalue weighted by Gasteiger charge is 2.16. The van der Waals surface area contributed by atoms with Gasteiger partial charge in [0.05, 0.1) is 22.4 Å². The van der Waals surface area contributed by atoms with Crippen molar-refractivity contribution in [2.24, 2.45) is 0 Å². The summed E-state index contributed by atoms with van der Waals surface area (Å²) in [6.45, 7) is 4.18. The summed E-state index contributed by atoms with van der Waals surface area (Å²) in [6, 6.07) is 41.0. The Morgan fingerprint density at radius 3 is 1.24 bits per heavy atom. The average molecular weight is 531 g/mol. The van der Waals surface area contributed by atoms with E-state index in [2.05, 4.69) is 84.7 Å². The minimum Gasteiger partial charge on any atom is -0.416 e. The van der Waals surface area contributed by atoms with E-state index in [-0.39, 0.29) is 0 Å². The minimum absolute atomic E-state index is 0.500. The Labute approximate surface area is 238 Å². The Hall–Kier alpha value is -5.42. The molecule has 5 nitrogen and oxygen atoms in total. The zero-order valence-electron chi connectivity index (χ0n) is 22.7. The number of nitrogens with zero attached hydrogens (tertiary/aromatic N) is 4. The Balaban J connectivity index is 1.22. The van der Waals surface area contributed by atoms with Gasteiger partial charge in [0.1, 0.15) is 0 Å². The van der Waals surface area contributed by atoms with Crippen molar-refractivity contribution < 1.29 is 4.42 Å². The largest absolute Gasteiger partial charge is 0.416 e. The first-order valence-corrected chi connectivity index (χ1v) is 13.6. The van der Waals surface area contributed by atoms with E-state index < -0.39 is 0 Å². The predicted octanol–water partition coefficient (Wildman–Crippen LogP) is 8.96. The summed E-state index contributed by atoms with van der Waals surface area (Å²) < 4.78 is 5.92. The monoisotopic (exact) mass is 530 g/mol. The molecule has 0 fully saturated rings. The third-order valence-electron chi connectivity index (χ3n) is 7.34. The first-order chi connectivity index (χ1) is 20.1. The number of benzene rings is 5. The molecule has 0 radical (unpaired) electrons. The third kappa shape index (κ3) is 4.68. The molecule has 7 rings (SSSR count). The molecule has 0 aliphatic rings. The van der Waals surface area contributed by atoms with Gasteiger partial charge in [-0.2, -0.15) is 0 Å². The van der Waals surface area contributed by atoms with Gasteiger partial charge in [-0.05, 0) is 60.4 Å². The second-order valence-electron chi connectivity index (χ2n) is 10.1. The average Bonchev–Trinajstić information content (AvgIpc) is 3.54. The minimum atomic E-state index is 0.500. The molecule has 0 amide bonds. The van der Waals surface area contributed by atoms with E-state index in [4.69, 9.17) is 14.4 Å². The molecule has 0 N–H and O–H groups in total. The summed E-state index contributed by atoms with van der Waals surface area (Å²) in [4.78, 5) is 10.3. The summed E-state index contributed by atoms with van der Waals surface area (Å²) in [7, 11) is 0. The lowest BCUT2D eigenvalue weighted by Gasteiger charge is -2.13. The van der Waals surface area contributed by atoms with Crippen LogP contribution in [0.25, 0.3) is 67.6 Å². The van der Waals surface area contributed by atoms with Crippen LogP contribution in [0.4, 0.5) is 0 Å². The molecule has 196 valence electrons. The summed E-state index contributed by atoms with van der Waals surface area (Å²) in [5.74, 6) is 1.01. The number of rotatable bonds is 5. The molecule has 5 heteroatoms. The zero-order valence-corrected chi connectivity index (χ0v) is 22.7. The fourth-order valence-electron chi connectivity index (χ4n) is 5.05. The third-order valence-corrected chi connectivity index (χ3v) is 7.34. The Kier molecular flexibility index (Phi) is 6.17. The molecule has 0 aliphatic carbocycles. The Bertz CT molecular complexity index is 1980. The van der Waals surface area contributed by atoms with E-state index >= 15 is 0 Å². The van der Waals surface area contributed by atoms with Gasteiger partial charge >= 0.3 is 0 Å². The molecule has 0 saturated heterocycles. The Morgan fingerprint density at radius 2 is 0.756 bits per heavy atom. The fraction of sp³-hybridized carbons (Fsp3) is 0.0556. The maximum atomic E-state index is 5.92. The van der Waals surface area contributed by atoms with Crippen LogP contribution in [-0.2, 0) is 0 Å². The molecule has 5 aromatic carbocycles. The van der Waals surface area contributed by atoms with Crippen molar-refractivity contribution in [2.45, 2.75) is 13.8 Å². The highest BCUT2D eigenvalue weighted by molar-refractivity contribution is 5.89. The van der Waals surface area contributed by atoms with E-state index in [0.29, 0.717) is 11.8 Å². The molecular formula is C36H26N4O. The van der Waals surface area contributed by atoms with Crippen LogP contribution in [-0.4, -0.2) is 20.2 Å². The second kappa shape index (κ2) is 10.3. The maximum Gasteiger partial charge on any atom is 0.248 e. The number of hydrogen-bond donors (Lipinski definition) is 0. The number of hydrogen-bond acceptors (Lipinski definition) is 5. The quantitative estimate of drug-likeness (QED) is 0.222. The molecule has 7 aromatic rings. The van der Waals surface area contributed by atoms with Gasteiger partial charge in [-0.25, -0.2) is 9.97 Å². The highest BCUT2D eigenvalue weighted by Crippen LogP contribution is 2.34. The summed E-state index contributed by atoms with van der Waals surface area (Å²) in [5, 5.41) is 8.46. The van der Waals surface area contributed by atoms with Gasteiger partial charge in [-0.15, -0.1) is 10.2 Å². The van der Waals surface area contributed by atoms with Gasteiger partial charge in [0.2, 0.25) is 11.8 Å². The lowest BCUT2D eigenvalue weighted by molar-refractivity contribution is 0.584. The first kappa shape index (κ1) is 24.6. The van der Waals surface area contributed by atoms with Gasteiger partial charge in [0.25, 0.3) is 0 Å². The van der Waals surface area contributed by atoms with Gasteiger partial charge < -0.3 is 4.42 Å². The van der Waals surface area contributed by atoms with Gasteiger partial charge in [0, 0.05) is 22.3 Å². The molecule has 41 heavy (non-hydrogen) atoms. The van der Waals surface area contributed by atoms with Crippen LogP contribution in [0.15, 0.2) is 126 Å². The van der Waals surface area contributed by atoms with E-state index in [9.17, 15) is 0 Å². The van der Waals surface area contributed by atoms with Gasteiger partial charge in [-0.1, -0.05) is 97.1 Å². The SMILES string of the molecule is Cc1ccc(C)c2nc(-c3ccc(-c4ccc(-c5nnc(-c6ccccc6)o5)cc4)cc3)c(-c3ccccc3)nc12. The first-order valence-electron chi connectivity index (χ1n) is 13.6. The van der Waals surface area contributed by atoms with Crippen molar-refractivity contribution in [3.8, 4) is 56.6 Å². The molecule has 0 unspecified atom stereocenters. The van der Waals surface area contributed by atoms with Crippen LogP contribution in [0.1, 0.15) is 11.1 Å². The highest BCUT2D eigenvalue weighted by atomic mass is 16.4. The van der Waals surface area contributed by atoms with Crippen molar-refractivity contribution in [3.05, 3.63) is 132 Å². The molecule has 0 saturated carbocycles. The van der Waals surface area contributed by atoms with Gasteiger partial charge in [0.15, 0.2) is 0 Å². The topological polar surface area (TPSA) is 64.7 Å².